The number of nitrogens with zero attached hydrogens (tertiary/aromatic N) is 1. The summed E-state index contributed by atoms with van der Waals surface area (Å²) in [6.45, 7) is 1.74. The normalized spacial score (nSPS) is 16.0. The van der Waals surface area contributed by atoms with Crippen LogP contribution in [0.15, 0.2) is 88.2 Å². The molecule has 0 saturated carbocycles. The van der Waals surface area contributed by atoms with Crippen LogP contribution in [0.2, 0.25) is 0 Å². The molecule has 10 heteroatoms. The molecule has 1 aliphatic heterocycles. The van der Waals surface area contributed by atoms with Crippen LogP contribution >= 0.6 is 15.9 Å². The molecule has 1 N–H and O–H groups in total. The maximum Gasteiger partial charge on any atom is 0.410 e. The van der Waals surface area contributed by atoms with E-state index in [1.165, 1.54) is 6.07 Å². The van der Waals surface area contributed by atoms with Crippen molar-refractivity contribution in [2.75, 3.05) is 26.3 Å². The summed E-state index contributed by atoms with van der Waals surface area (Å²) < 4.78 is 39.4. The van der Waals surface area contributed by atoms with E-state index < -0.39 is 22.0 Å². The van der Waals surface area contributed by atoms with Gasteiger partial charge in [-0.25, -0.2) is 17.9 Å². The van der Waals surface area contributed by atoms with Crippen molar-refractivity contribution in [1.82, 2.24) is 9.62 Å². The molecule has 8 nitrogen and oxygen atoms in total. The molecule has 3 aromatic carbocycles. The molecule has 1 saturated heterocycles. The first-order valence-corrected chi connectivity index (χ1v) is 14.0. The van der Waals surface area contributed by atoms with Gasteiger partial charge >= 0.3 is 6.09 Å². The number of carbonyl (C=O) groups excluding carboxylic acids is 2. The van der Waals surface area contributed by atoms with E-state index in [0.717, 1.165) is 5.56 Å². The molecule has 0 unspecified atom stereocenters. The third-order valence-corrected chi connectivity index (χ3v) is 8.27. The van der Waals surface area contributed by atoms with Gasteiger partial charge in [0.25, 0.3) is 15.9 Å². The Morgan fingerprint density at radius 3 is 2.49 bits per heavy atom. The van der Waals surface area contributed by atoms with Gasteiger partial charge in [-0.3, -0.25) is 4.79 Å². The van der Waals surface area contributed by atoms with Gasteiger partial charge in [0.15, 0.2) is 0 Å². The summed E-state index contributed by atoms with van der Waals surface area (Å²) in [6, 6.07) is 22.6. The number of sulfonamides is 1. The van der Waals surface area contributed by atoms with Crippen LogP contribution in [-0.2, 0) is 32.5 Å². The Morgan fingerprint density at radius 2 is 1.70 bits per heavy atom. The Labute approximate surface area is 224 Å². The summed E-state index contributed by atoms with van der Waals surface area (Å²) in [5.74, 6) is -0.833. The average Bonchev–Trinajstić information content (AvgIpc) is 3.14. The molecule has 1 heterocycles. The molecule has 1 fully saturated rings. The summed E-state index contributed by atoms with van der Waals surface area (Å²) in [7, 11) is -4.08. The predicted molar refractivity (Wildman–Crippen MR) is 141 cm³/mol. The van der Waals surface area contributed by atoms with Crippen LogP contribution in [0.1, 0.15) is 21.5 Å². The lowest BCUT2D eigenvalue weighted by molar-refractivity contribution is 0.0914. The molecule has 1 atom stereocenters. The molecule has 0 bridgehead atoms. The first kappa shape index (κ1) is 26.8. The molecule has 2 amide bonds. The molecule has 3 aromatic rings. The Kier molecular flexibility index (Phi) is 8.96. The van der Waals surface area contributed by atoms with Crippen molar-refractivity contribution < 1.29 is 27.5 Å². The fourth-order valence-electron chi connectivity index (χ4n) is 4.11. The van der Waals surface area contributed by atoms with E-state index in [9.17, 15) is 18.0 Å². The minimum absolute atomic E-state index is 0.0253. The van der Waals surface area contributed by atoms with Crippen molar-refractivity contribution >= 4 is 38.0 Å². The monoisotopic (exact) mass is 586 g/mol. The van der Waals surface area contributed by atoms with Crippen LogP contribution < -0.4 is 4.72 Å². The molecule has 4 rings (SSSR count). The van der Waals surface area contributed by atoms with E-state index >= 15 is 0 Å². The first-order chi connectivity index (χ1) is 17.8. The zero-order chi connectivity index (χ0) is 26.3. The number of hydrogen-bond donors (Lipinski definition) is 1. The lowest BCUT2D eigenvalue weighted by Crippen LogP contribution is -2.37. The third-order valence-electron chi connectivity index (χ3n) is 5.92. The summed E-state index contributed by atoms with van der Waals surface area (Å²) in [5.41, 5.74) is 1.81. The fraction of sp³-hybridized carbons (Fsp3) is 0.259. The van der Waals surface area contributed by atoms with Crippen molar-refractivity contribution in [3.63, 3.8) is 0 Å². The van der Waals surface area contributed by atoms with E-state index in [1.807, 2.05) is 30.3 Å². The van der Waals surface area contributed by atoms with Crippen LogP contribution in [0.4, 0.5) is 4.79 Å². The minimum Gasteiger partial charge on any atom is -0.445 e. The van der Waals surface area contributed by atoms with Crippen molar-refractivity contribution in [3.8, 4) is 0 Å². The van der Waals surface area contributed by atoms with Gasteiger partial charge < -0.3 is 14.4 Å². The maximum absolute atomic E-state index is 13.0. The smallest absolute Gasteiger partial charge is 0.410 e. The highest BCUT2D eigenvalue weighted by molar-refractivity contribution is 9.10. The van der Waals surface area contributed by atoms with Gasteiger partial charge in [0.2, 0.25) is 0 Å². The van der Waals surface area contributed by atoms with E-state index in [4.69, 9.17) is 9.47 Å². The topological polar surface area (TPSA) is 102 Å². The second-order valence-electron chi connectivity index (χ2n) is 8.65. The minimum atomic E-state index is -4.08. The first-order valence-electron chi connectivity index (χ1n) is 11.8. The number of amides is 2. The Bertz CT molecular complexity index is 1350. The largest absolute Gasteiger partial charge is 0.445 e. The van der Waals surface area contributed by atoms with Crippen molar-refractivity contribution in [3.05, 3.63) is 100 Å². The predicted octanol–water partition coefficient (Wildman–Crippen LogP) is 4.40. The Morgan fingerprint density at radius 1 is 1.00 bits per heavy atom. The van der Waals surface area contributed by atoms with Gasteiger partial charge in [0.1, 0.15) is 11.5 Å². The summed E-state index contributed by atoms with van der Waals surface area (Å²) in [5, 5.41) is 0. The van der Waals surface area contributed by atoms with Gasteiger partial charge in [-0.05, 0) is 51.7 Å². The number of hydrogen-bond acceptors (Lipinski definition) is 6. The molecule has 0 spiro atoms. The van der Waals surface area contributed by atoms with E-state index in [2.05, 4.69) is 20.7 Å². The van der Waals surface area contributed by atoms with Gasteiger partial charge in [-0.1, -0.05) is 60.7 Å². The molecule has 1 aliphatic rings. The second kappa shape index (κ2) is 12.4. The zero-order valence-electron chi connectivity index (χ0n) is 20.0. The SMILES string of the molecule is O=C(NS(=O)(=O)c1ccccc1Br)c1ccccc1C[C@H]1COCCN(C(=O)OCc2ccccc2)C1. The van der Waals surface area contributed by atoms with Crippen LogP contribution in [0, 0.1) is 5.92 Å². The van der Waals surface area contributed by atoms with Crippen LogP contribution in [-0.4, -0.2) is 51.6 Å². The van der Waals surface area contributed by atoms with Crippen molar-refractivity contribution in [1.29, 1.82) is 0 Å². The average molecular weight is 587 g/mol. The van der Waals surface area contributed by atoms with Gasteiger partial charge in [-0.2, -0.15) is 0 Å². The molecule has 0 radical (unpaired) electrons. The van der Waals surface area contributed by atoms with Crippen LogP contribution in [0.25, 0.3) is 0 Å². The Balaban J connectivity index is 1.43. The van der Waals surface area contributed by atoms with Gasteiger partial charge in [0.05, 0.1) is 13.2 Å². The highest BCUT2D eigenvalue weighted by atomic mass is 79.9. The number of halogens is 1. The van der Waals surface area contributed by atoms with E-state index in [0.29, 0.717) is 42.8 Å². The molecule has 0 aliphatic carbocycles. The standard InChI is InChI=1S/C27H27BrN2O6S/c28-24-12-6-7-13-25(24)37(33,34)29-26(31)23-11-5-4-10-22(23)16-21-17-30(14-15-35-18-21)27(32)36-19-20-8-2-1-3-9-20/h1-13,21H,14-19H2,(H,29,31)/t21-/m1/s1. The second-order valence-corrected chi connectivity index (χ2v) is 11.2. The number of nitrogens with one attached hydrogen (secondary N) is 1. The number of rotatable bonds is 7. The maximum atomic E-state index is 13.0. The lowest BCUT2D eigenvalue weighted by atomic mass is 9.95. The highest BCUT2D eigenvalue weighted by Gasteiger charge is 2.27. The fourth-order valence-corrected chi connectivity index (χ4v) is 6.08. The quantitative estimate of drug-likeness (QED) is 0.440. The van der Waals surface area contributed by atoms with Crippen molar-refractivity contribution in [2.24, 2.45) is 5.92 Å². The summed E-state index contributed by atoms with van der Waals surface area (Å²) in [6.07, 6.45) is -0.00821. The van der Waals surface area contributed by atoms with Crippen molar-refractivity contribution in [2.45, 2.75) is 17.9 Å². The van der Waals surface area contributed by atoms with Crippen LogP contribution in [0.3, 0.4) is 0 Å². The highest BCUT2D eigenvalue weighted by Crippen LogP contribution is 2.22. The molecular weight excluding hydrogens is 560 g/mol. The van der Waals surface area contributed by atoms with Gasteiger partial charge in [-0.15, -0.1) is 0 Å². The molecule has 194 valence electrons. The molecule has 0 aromatic heterocycles. The van der Waals surface area contributed by atoms with Gasteiger partial charge in [0, 0.05) is 29.0 Å². The summed E-state index contributed by atoms with van der Waals surface area (Å²) in [4.78, 5) is 27.4. The molecular formula is C27H27BrN2O6S. The zero-order valence-corrected chi connectivity index (χ0v) is 22.4. The molecule has 37 heavy (non-hydrogen) atoms. The number of carbonyl (C=O) groups is 2. The van der Waals surface area contributed by atoms with E-state index in [-0.39, 0.29) is 23.0 Å². The number of ether oxygens (including phenoxy) is 2. The number of benzene rings is 3. The lowest BCUT2D eigenvalue weighted by Gasteiger charge is -2.23. The third kappa shape index (κ3) is 7.18. The van der Waals surface area contributed by atoms with E-state index in [1.54, 1.807) is 47.4 Å². The Hall–Kier alpha value is -3.21. The summed E-state index contributed by atoms with van der Waals surface area (Å²) >= 11 is 3.22. The van der Waals surface area contributed by atoms with Crippen LogP contribution in [0.5, 0.6) is 0 Å².